The van der Waals surface area contributed by atoms with Crippen molar-refractivity contribution >= 4 is 29.3 Å². The number of nitrogens with zero attached hydrogens (tertiary/aromatic N) is 1. The monoisotopic (exact) mass is 430 g/mol. The van der Waals surface area contributed by atoms with E-state index in [1.807, 2.05) is 6.92 Å². The molecule has 0 radical (unpaired) electrons. The third kappa shape index (κ3) is 6.50. The lowest BCUT2D eigenvalue weighted by Crippen LogP contribution is -2.38. The molecule has 1 unspecified atom stereocenters. The van der Waals surface area contributed by atoms with Crippen molar-refractivity contribution in [3.63, 3.8) is 0 Å². The molecule has 1 N–H and O–H groups in total. The molecule has 0 aromatic heterocycles. The van der Waals surface area contributed by atoms with Crippen LogP contribution in [0.4, 0.5) is 5.69 Å². The van der Waals surface area contributed by atoms with Crippen LogP contribution in [0.5, 0.6) is 5.75 Å². The minimum Gasteiger partial charge on any atom is -0.423 e. The Bertz CT molecular complexity index is 779. The average molecular weight is 431 g/mol. The number of hydrogen-bond acceptors (Lipinski definition) is 5. The molecule has 6 heteroatoms. The molecular formula is C24H34N2O3S. The highest BCUT2D eigenvalue weighted by atomic mass is 32.2. The number of esters is 1. The van der Waals surface area contributed by atoms with Gasteiger partial charge in [-0.3, -0.25) is 9.59 Å². The first kappa shape index (κ1) is 24.3. The maximum atomic E-state index is 13.4. The highest BCUT2D eigenvalue weighted by Gasteiger charge is 2.39. The van der Waals surface area contributed by atoms with Crippen LogP contribution in [-0.2, 0) is 9.59 Å². The van der Waals surface area contributed by atoms with Gasteiger partial charge in [-0.1, -0.05) is 40.0 Å². The standard InChI is InChI=1S/C24H34N2O3S/c1-5-30-18(4)22(27)29-21-10-9-19(16-25)15-20(21)26-23(28)24(14-11-17(2)3)12-7-6-8-13-24/h9-10,15,17-18H,5-8,11-14H2,1-4H3,(H,26,28). The predicted octanol–water partition coefficient (Wildman–Crippen LogP) is 5.93. The fraction of sp³-hybridized carbons (Fsp3) is 0.625. The van der Waals surface area contributed by atoms with E-state index in [0.717, 1.165) is 50.7 Å². The van der Waals surface area contributed by atoms with E-state index in [4.69, 9.17) is 4.74 Å². The van der Waals surface area contributed by atoms with Crippen molar-refractivity contribution in [3.05, 3.63) is 23.8 Å². The first-order valence-corrected chi connectivity index (χ1v) is 12.0. The van der Waals surface area contributed by atoms with Crippen LogP contribution in [0.3, 0.4) is 0 Å². The summed E-state index contributed by atoms with van der Waals surface area (Å²) in [4.78, 5) is 25.9. The zero-order chi connectivity index (χ0) is 22.1. The minimum absolute atomic E-state index is 0.0220. The van der Waals surface area contributed by atoms with Crippen LogP contribution in [-0.4, -0.2) is 22.9 Å². The molecule has 1 aromatic rings. The van der Waals surface area contributed by atoms with E-state index < -0.39 is 5.41 Å². The Morgan fingerprint density at radius 2 is 1.93 bits per heavy atom. The molecule has 0 bridgehead atoms. The summed E-state index contributed by atoms with van der Waals surface area (Å²) in [6.45, 7) is 8.15. The molecule has 5 nitrogen and oxygen atoms in total. The predicted molar refractivity (Wildman–Crippen MR) is 123 cm³/mol. The van der Waals surface area contributed by atoms with Crippen molar-refractivity contribution < 1.29 is 14.3 Å². The molecule has 1 aliphatic carbocycles. The fourth-order valence-electron chi connectivity index (χ4n) is 3.93. The molecule has 1 amide bonds. The summed E-state index contributed by atoms with van der Waals surface area (Å²) in [5.74, 6) is 1.27. The first-order chi connectivity index (χ1) is 14.3. The number of hydrogen-bond donors (Lipinski definition) is 1. The first-order valence-electron chi connectivity index (χ1n) is 11.0. The van der Waals surface area contributed by atoms with Crippen molar-refractivity contribution in [2.24, 2.45) is 11.3 Å². The Balaban J connectivity index is 2.26. The molecule has 0 aliphatic heterocycles. The Labute approximate surface area is 184 Å². The van der Waals surface area contributed by atoms with Gasteiger partial charge in [0.1, 0.15) is 5.25 Å². The summed E-state index contributed by atoms with van der Waals surface area (Å²) < 4.78 is 5.59. The van der Waals surface area contributed by atoms with Gasteiger partial charge in [-0.05, 0) is 62.5 Å². The van der Waals surface area contributed by atoms with E-state index in [0.29, 0.717) is 22.9 Å². The highest BCUT2D eigenvalue weighted by Crippen LogP contribution is 2.42. The van der Waals surface area contributed by atoms with Gasteiger partial charge >= 0.3 is 5.97 Å². The Morgan fingerprint density at radius 1 is 1.23 bits per heavy atom. The SMILES string of the molecule is CCSC(C)C(=O)Oc1ccc(C#N)cc1NC(=O)C1(CCC(C)C)CCCCC1. The number of ether oxygens (including phenoxy) is 1. The third-order valence-electron chi connectivity index (χ3n) is 5.81. The average Bonchev–Trinajstić information content (AvgIpc) is 2.74. The number of rotatable bonds is 9. The third-order valence-corrected chi connectivity index (χ3v) is 6.83. The van der Waals surface area contributed by atoms with Gasteiger partial charge in [0.05, 0.1) is 17.3 Å². The van der Waals surface area contributed by atoms with Crippen LogP contribution in [0.25, 0.3) is 0 Å². The van der Waals surface area contributed by atoms with Gasteiger partial charge in [0.25, 0.3) is 0 Å². The van der Waals surface area contributed by atoms with Crippen LogP contribution in [0.2, 0.25) is 0 Å². The molecular weight excluding hydrogens is 396 g/mol. The van der Waals surface area contributed by atoms with E-state index >= 15 is 0 Å². The molecule has 0 saturated heterocycles. The van der Waals surface area contributed by atoms with E-state index in [2.05, 4.69) is 25.2 Å². The van der Waals surface area contributed by atoms with Crippen molar-refractivity contribution in [2.75, 3.05) is 11.1 Å². The van der Waals surface area contributed by atoms with Crippen molar-refractivity contribution in [3.8, 4) is 11.8 Å². The van der Waals surface area contributed by atoms with E-state index in [9.17, 15) is 14.9 Å². The maximum absolute atomic E-state index is 13.4. The molecule has 2 rings (SSSR count). The van der Waals surface area contributed by atoms with Crippen molar-refractivity contribution in [1.82, 2.24) is 0 Å². The molecule has 1 fully saturated rings. The van der Waals surface area contributed by atoms with Crippen molar-refractivity contribution in [2.45, 2.75) is 77.9 Å². The normalized spacial score (nSPS) is 16.5. The summed E-state index contributed by atoms with van der Waals surface area (Å²) in [7, 11) is 0. The zero-order valence-corrected chi connectivity index (χ0v) is 19.4. The van der Waals surface area contributed by atoms with Crippen LogP contribution >= 0.6 is 11.8 Å². The summed E-state index contributed by atoms with van der Waals surface area (Å²) in [6.07, 6.45) is 6.88. The number of anilines is 1. The minimum atomic E-state index is -0.391. The molecule has 1 atom stereocenters. The summed E-state index contributed by atoms with van der Waals surface area (Å²) >= 11 is 1.50. The molecule has 1 saturated carbocycles. The summed E-state index contributed by atoms with van der Waals surface area (Å²) in [5.41, 5.74) is 0.425. The maximum Gasteiger partial charge on any atom is 0.324 e. The second-order valence-corrected chi connectivity index (χ2v) is 10.2. The fourth-order valence-corrected chi connectivity index (χ4v) is 4.62. The van der Waals surface area contributed by atoms with Gasteiger partial charge in [0.15, 0.2) is 5.75 Å². The van der Waals surface area contributed by atoms with E-state index in [1.54, 1.807) is 25.1 Å². The van der Waals surface area contributed by atoms with E-state index in [-0.39, 0.29) is 17.1 Å². The molecule has 164 valence electrons. The lowest BCUT2D eigenvalue weighted by molar-refractivity contribution is -0.133. The molecule has 1 aliphatic rings. The van der Waals surface area contributed by atoms with Gasteiger partial charge in [-0.2, -0.15) is 5.26 Å². The number of carbonyl (C=O) groups excluding carboxylic acids is 2. The van der Waals surface area contributed by atoms with Crippen LogP contribution < -0.4 is 10.1 Å². The zero-order valence-electron chi connectivity index (χ0n) is 18.6. The number of nitriles is 1. The quantitative estimate of drug-likeness (QED) is 0.388. The lowest BCUT2D eigenvalue weighted by Gasteiger charge is -2.36. The van der Waals surface area contributed by atoms with Crippen LogP contribution in [0.1, 0.15) is 78.2 Å². The Morgan fingerprint density at radius 3 is 2.53 bits per heavy atom. The Kier molecular flexibility index (Phi) is 9.23. The Hall–Kier alpha value is -2.00. The smallest absolute Gasteiger partial charge is 0.324 e. The highest BCUT2D eigenvalue weighted by molar-refractivity contribution is 8.00. The molecule has 0 spiro atoms. The second-order valence-electron chi connectivity index (χ2n) is 8.57. The summed E-state index contributed by atoms with van der Waals surface area (Å²) in [5, 5.41) is 12.0. The number of carbonyl (C=O) groups is 2. The number of benzene rings is 1. The molecule has 30 heavy (non-hydrogen) atoms. The van der Waals surface area contributed by atoms with Crippen LogP contribution in [0.15, 0.2) is 18.2 Å². The second kappa shape index (κ2) is 11.4. The van der Waals surface area contributed by atoms with Gasteiger partial charge in [0, 0.05) is 5.41 Å². The lowest BCUT2D eigenvalue weighted by atomic mass is 9.69. The molecule has 0 heterocycles. The number of thioether (sulfide) groups is 1. The topological polar surface area (TPSA) is 79.2 Å². The van der Waals surface area contributed by atoms with Crippen molar-refractivity contribution in [1.29, 1.82) is 5.26 Å². The van der Waals surface area contributed by atoms with Gasteiger partial charge < -0.3 is 10.1 Å². The largest absolute Gasteiger partial charge is 0.423 e. The molecule has 1 aromatic carbocycles. The number of nitrogens with one attached hydrogen (secondary N) is 1. The van der Waals surface area contributed by atoms with Gasteiger partial charge in [-0.15, -0.1) is 11.8 Å². The van der Waals surface area contributed by atoms with E-state index in [1.165, 1.54) is 11.8 Å². The van der Waals surface area contributed by atoms with Gasteiger partial charge in [0.2, 0.25) is 5.91 Å². The summed E-state index contributed by atoms with van der Waals surface area (Å²) in [6, 6.07) is 6.89. The van der Waals surface area contributed by atoms with Crippen LogP contribution in [0, 0.1) is 22.7 Å². The van der Waals surface area contributed by atoms with Gasteiger partial charge in [-0.25, -0.2) is 0 Å². The number of amides is 1.